The predicted octanol–water partition coefficient (Wildman–Crippen LogP) is 3.52. The Labute approximate surface area is 85.5 Å². The lowest BCUT2D eigenvalue weighted by Crippen LogP contribution is -2.04. The average Bonchev–Trinajstić information content (AvgIpc) is 1.87. The average molecular weight is 352 g/mol. The zero-order valence-corrected chi connectivity index (χ0v) is 10.3. The van der Waals surface area contributed by atoms with Crippen LogP contribution in [0.15, 0.2) is 0 Å². The minimum absolute atomic E-state index is 0.912. The Kier molecular flexibility index (Phi) is 7.19. The van der Waals surface area contributed by atoms with E-state index in [1.165, 1.54) is 15.3 Å². The fraction of sp³-hybridized carbons (Fsp3) is 1.00. The van der Waals surface area contributed by atoms with Crippen molar-refractivity contribution in [2.24, 2.45) is 11.8 Å². The maximum Gasteiger partial charge on any atom is 0.00211 e. The number of rotatable bonds is 4. The van der Waals surface area contributed by atoms with Crippen LogP contribution in [-0.4, -0.2) is 8.86 Å². The van der Waals surface area contributed by atoms with Crippen LogP contribution in [0.2, 0.25) is 0 Å². The Morgan fingerprint density at radius 3 is 1.56 bits per heavy atom. The SMILES string of the molecule is CC(CI)CC(C)CI. The van der Waals surface area contributed by atoms with Crippen LogP contribution in [0.3, 0.4) is 0 Å². The molecule has 0 nitrogen and oxygen atoms in total. The van der Waals surface area contributed by atoms with Gasteiger partial charge in [-0.2, -0.15) is 0 Å². The molecule has 2 atom stereocenters. The maximum atomic E-state index is 2.46. The van der Waals surface area contributed by atoms with Gasteiger partial charge in [0.1, 0.15) is 0 Å². The highest BCUT2D eigenvalue weighted by molar-refractivity contribution is 14.1. The van der Waals surface area contributed by atoms with Crippen molar-refractivity contribution in [3.8, 4) is 0 Å². The molecule has 0 aliphatic carbocycles. The highest BCUT2D eigenvalue weighted by Gasteiger charge is 2.04. The molecular weight excluding hydrogens is 338 g/mol. The third kappa shape index (κ3) is 5.88. The normalized spacial score (nSPS) is 17.3. The summed E-state index contributed by atoms with van der Waals surface area (Å²) in [5, 5.41) is 0. The van der Waals surface area contributed by atoms with Gasteiger partial charge < -0.3 is 0 Å². The van der Waals surface area contributed by atoms with Crippen molar-refractivity contribution in [2.75, 3.05) is 8.86 Å². The molecule has 0 aromatic heterocycles. The third-order valence-electron chi connectivity index (χ3n) is 1.33. The van der Waals surface area contributed by atoms with Crippen molar-refractivity contribution in [2.45, 2.75) is 20.3 Å². The van der Waals surface area contributed by atoms with Gasteiger partial charge in [-0.05, 0) is 18.3 Å². The van der Waals surface area contributed by atoms with Gasteiger partial charge in [-0.25, -0.2) is 0 Å². The van der Waals surface area contributed by atoms with Crippen LogP contribution in [0.5, 0.6) is 0 Å². The standard InChI is InChI=1S/C7H14I2/c1-6(4-8)3-7(2)5-9/h6-7H,3-5H2,1-2H3. The van der Waals surface area contributed by atoms with Crippen LogP contribution in [-0.2, 0) is 0 Å². The summed E-state index contributed by atoms with van der Waals surface area (Å²) >= 11 is 4.92. The van der Waals surface area contributed by atoms with Gasteiger partial charge in [-0.3, -0.25) is 0 Å². The van der Waals surface area contributed by atoms with Gasteiger partial charge in [0.15, 0.2) is 0 Å². The van der Waals surface area contributed by atoms with E-state index >= 15 is 0 Å². The van der Waals surface area contributed by atoms with Crippen molar-refractivity contribution in [1.29, 1.82) is 0 Å². The molecule has 9 heavy (non-hydrogen) atoms. The van der Waals surface area contributed by atoms with Crippen molar-refractivity contribution in [3.05, 3.63) is 0 Å². The fourth-order valence-corrected chi connectivity index (χ4v) is 1.53. The van der Waals surface area contributed by atoms with Crippen LogP contribution in [0.25, 0.3) is 0 Å². The molecule has 0 bridgehead atoms. The summed E-state index contributed by atoms with van der Waals surface area (Å²) in [6, 6.07) is 0. The first-order valence-electron chi connectivity index (χ1n) is 3.32. The zero-order valence-electron chi connectivity index (χ0n) is 6.03. The largest absolute Gasteiger partial charge is 0.0861 e. The lowest BCUT2D eigenvalue weighted by Gasteiger charge is -2.11. The van der Waals surface area contributed by atoms with Crippen LogP contribution in [0, 0.1) is 11.8 Å². The monoisotopic (exact) mass is 352 g/mol. The molecule has 0 spiro atoms. The molecule has 0 aliphatic rings. The predicted molar refractivity (Wildman–Crippen MR) is 60.7 cm³/mol. The van der Waals surface area contributed by atoms with E-state index in [4.69, 9.17) is 0 Å². The van der Waals surface area contributed by atoms with Gasteiger partial charge >= 0.3 is 0 Å². The first-order valence-corrected chi connectivity index (χ1v) is 6.37. The topological polar surface area (TPSA) is 0 Å². The molecule has 0 saturated carbocycles. The Bertz CT molecular complexity index is 55.9. The first kappa shape index (κ1) is 10.5. The summed E-state index contributed by atoms with van der Waals surface area (Å²) in [5.74, 6) is 1.82. The Hall–Kier alpha value is 1.46. The highest BCUT2D eigenvalue weighted by atomic mass is 127. The molecule has 0 aromatic carbocycles. The molecule has 0 amide bonds. The molecule has 0 heterocycles. The summed E-state index contributed by atoms with van der Waals surface area (Å²) in [4.78, 5) is 0. The van der Waals surface area contributed by atoms with Gasteiger partial charge in [-0.15, -0.1) is 0 Å². The number of hydrogen-bond acceptors (Lipinski definition) is 0. The van der Waals surface area contributed by atoms with Crippen LogP contribution in [0.1, 0.15) is 20.3 Å². The van der Waals surface area contributed by atoms with E-state index in [0.29, 0.717) is 0 Å². The zero-order chi connectivity index (χ0) is 7.28. The van der Waals surface area contributed by atoms with Crippen molar-refractivity contribution >= 4 is 45.2 Å². The number of hydrogen-bond donors (Lipinski definition) is 0. The molecule has 0 N–H and O–H groups in total. The minimum Gasteiger partial charge on any atom is -0.0861 e. The first-order chi connectivity index (χ1) is 4.20. The smallest absolute Gasteiger partial charge is 0.00211 e. The number of alkyl halides is 2. The Balaban J connectivity index is 3.22. The van der Waals surface area contributed by atoms with Gasteiger partial charge in [0.25, 0.3) is 0 Å². The highest BCUT2D eigenvalue weighted by Crippen LogP contribution is 2.15. The second-order valence-electron chi connectivity index (χ2n) is 2.75. The Morgan fingerprint density at radius 1 is 1.00 bits per heavy atom. The maximum absolute atomic E-state index is 2.46. The fourth-order valence-electron chi connectivity index (χ4n) is 0.813. The van der Waals surface area contributed by atoms with Crippen molar-refractivity contribution in [3.63, 3.8) is 0 Å². The second kappa shape index (κ2) is 6.19. The van der Waals surface area contributed by atoms with E-state index in [1.807, 2.05) is 0 Å². The van der Waals surface area contributed by atoms with Crippen molar-refractivity contribution in [1.82, 2.24) is 0 Å². The van der Waals surface area contributed by atoms with Crippen LogP contribution >= 0.6 is 45.2 Å². The molecule has 2 unspecified atom stereocenters. The van der Waals surface area contributed by atoms with E-state index in [2.05, 4.69) is 59.0 Å². The molecule has 0 aromatic rings. The van der Waals surface area contributed by atoms with Gasteiger partial charge in [0.2, 0.25) is 0 Å². The van der Waals surface area contributed by atoms with Crippen LogP contribution in [0.4, 0.5) is 0 Å². The molecule has 56 valence electrons. The van der Waals surface area contributed by atoms with E-state index in [1.54, 1.807) is 0 Å². The summed E-state index contributed by atoms with van der Waals surface area (Å²) in [6.07, 6.45) is 1.39. The van der Waals surface area contributed by atoms with E-state index in [9.17, 15) is 0 Å². The van der Waals surface area contributed by atoms with E-state index in [0.717, 1.165) is 11.8 Å². The Morgan fingerprint density at radius 2 is 1.33 bits per heavy atom. The lowest BCUT2D eigenvalue weighted by molar-refractivity contribution is 0.489. The van der Waals surface area contributed by atoms with Gasteiger partial charge in [-0.1, -0.05) is 59.0 Å². The summed E-state index contributed by atoms with van der Waals surface area (Å²) in [5.41, 5.74) is 0. The molecule has 0 fully saturated rings. The molecule has 0 rings (SSSR count). The molecule has 2 heteroatoms. The number of halogens is 2. The molecular formula is C7H14I2. The van der Waals surface area contributed by atoms with E-state index < -0.39 is 0 Å². The lowest BCUT2D eigenvalue weighted by atomic mass is 10.0. The summed E-state index contributed by atoms with van der Waals surface area (Å²) < 4.78 is 2.61. The summed E-state index contributed by atoms with van der Waals surface area (Å²) in [6.45, 7) is 4.66. The van der Waals surface area contributed by atoms with Gasteiger partial charge in [0.05, 0.1) is 0 Å². The summed E-state index contributed by atoms with van der Waals surface area (Å²) in [7, 11) is 0. The van der Waals surface area contributed by atoms with E-state index in [-0.39, 0.29) is 0 Å². The minimum atomic E-state index is 0.912. The van der Waals surface area contributed by atoms with Crippen molar-refractivity contribution < 1.29 is 0 Å². The quantitative estimate of drug-likeness (QED) is 0.537. The van der Waals surface area contributed by atoms with Crippen LogP contribution < -0.4 is 0 Å². The molecule has 0 saturated heterocycles. The van der Waals surface area contributed by atoms with Gasteiger partial charge in [0, 0.05) is 8.86 Å². The molecule has 0 aliphatic heterocycles. The molecule has 0 radical (unpaired) electrons. The second-order valence-corrected chi connectivity index (χ2v) is 4.52. The third-order valence-corrected chi connectivity index (χ3v) is 4.34.